The molecule has 1 heterocycles. The van der Waals surface area contributed by atoms with Gasteiger partial charge in [0, 0.05) is 5.69 Å². The number of sulfonamides is 1. The number of aryl methyl sites for hydroxylation is 2. The van der Waals surface area contributed by atoms with E-state index in [9.17, 15) is 8.42 Å². The van der Waals surface area contributed by atoms with Gasteiger partial charge in [-0.2, -0.15) is 0 Å². The van der Waals surface area contributed by atoms with Crippen LogP contribution in [-0.2, 0) is 15.8 Å². The van der Waals surface area contributed by atoms with E-state index in [4.69, 9.17) is 0 Å². The Morgan fingerprint density at radius 1 is 1.11 bits per heavy atom. The molecule has 1 aromatic heterocycles. The maximum atomic E-state index is 12.0. The summed E-state index contributed by atoms with van der Waals surface area (Å²) in [4.78, 5) is 4.17. The van der Waals surface area contributed by atoms with Gasteiger partial charge in [-0.05, 0) is 37.1 Å². The van der Waals surface area contributed by atoms with Gasteiger partial charge in [0.25, 0.3) is 0 Å². The predicted octanol–water partition coefficient (Wildman–Crippen LogP) is 2.64. The molecule has 0 radical (unpaired) electrons. The molecule has 0 atom stereocenters. The fourth-order valence-corrected chi connectivity index (χ4v) is 3.01. The Kier molecular flexibility index (Phi) is 3.85. The second-order valence-corrected chi connectivity index (χ2v) is 6.24. The van der Waals surface area contributed by atoms with Gasteiger partial charge in [-0.25, -0.2) is 13.4 Å². The number of rotatable bonds is 4. The fourth-order valence-electron chi connectivity index (χ4n) is 1.88. The van der Waals surface area contributed by atoms with Gasteiger partial charge in [0.1, 0.15) is 5.82 Å². The first-order chi connectivity index (χ1) is 8.94. The monoisotopic (exact) mass is 276 g/mol. The van der Waals surface area contributed by atoms with Gasteiger partial charge in [0.15, 0.2) is 0 Å². The Morgan fingerprint density at radius 3 is 2.42 bits per heavy atom. The van der Waals surface area contributed by atoms with E-state index >= 15 is 0 Å². The molecule has 0 aliphatic rings. The molecule has 1 aromatic carbocycles. The summed E-state index contributed by atoms with van der Waals surface area (Å²) in [6.07, 6.45) is 0. The molecule has 0 aliphatic carbocycles. The van der Waals surface area contributed by atoms with Crippen molar-refractivity contribution in [2.45, 2.75) is 19.6 Å². The van der Waals surface area contributed by atoms with E-state index in [0.29, 0.717) is 5.82 Å². The van der Waals surface area contributed by atoms with Crippen LogP contribution in [-0.4, -0.2) is 13.4 Å². The first kappa shape index (κ1) is 13.5. The fraction of sp³-hybridized carbons (Fsp3) is 0.214. The highest BCUT2D eigenvalue weighted by Gasteiger charge is 2.12. The van der Waals surface area contributed by atoms with Crippen LogP contribution in [0.15, 0.2) is 42.5 Å². The second-order valence-electron chi connectivity index (χ2n) is 4.52. The number of hydrogen-bond acceptors (Lipinski definition) is 3. The maximum Gasteiger partial charge on any atom is 0.238 e. The van der Waals surface area contributed by atoms with E-state index in [1.54, 1.807) is 18.2 Å². The van der Waals surface area contributed by atoms with Crippen LogP contribution in [0.5, 0.6) is 0 Å². The summed E-state index contributed by atoms with van der Waals surface area (Å²) >= 11 is 0. The summed E-state index contributed by atoms with van der Waals surface area (Å²) in [5, 5.41) is 0. The highest BCUT2D eigenvalue weighted by Crippen LogP contribution is 2.13. The third-order valence-electron chi connectivity index (χ3n) is 2.56. The van der Waals surface area contributed by atoms with Crippen LogP contribution in [0.4, 0.5) is 5.82 Å². The molecule has 0 bridgehead atoms. The van der Waals surface area contributed by atoms with E-state index in [2.05, 4.69) is 9.71 Å². The third kappa shape index (κ3) is 4.06. The molecular formula is C14H16N2O2S. The highest BCUT2D eigenvalue weighted by atomic mass is 32.2. The lowest BCUT2D eigenvalue weighted by atomic mass is 10.2. The molecule has 0 fully saturated rings. The van der Waals surface area contributed by atoms with Crippen LogP contribution in [0.2, 0.25) is 0 Å². The minimum Gasteiger partial charge on any atom is -0.267 e. The van der Waals surface area contributed by atoms with Gasteiger partial charge in [0.2, 0.25) is 10.0 Å². The lowest BCUT2D eigenvalue weighted by Crippen LogP contribution is -2.16. The molecule has 0 saturated carbocycles. The number of pyridine rings is 1. The number of nitrogens with zero attached hydrogens (tertiary/aromatic N) is 1. The van der Waals surface area contributed by atoms with Crippen molar-refractivity contribution in [2.75, 3.05) is 4.72 Å². The molecule has 5 heteroatoms. The molecule has 0 spiro atoms. The molecule has 0 aliphatic heterocycles. The van der Waals surface area contributed by atoms with Crippen LogP contribution in [0.25, 0.3) is 0 Å². The van der Waals surface area contributed by atoms with Gasteiger partial charge in [-0.3, -0.25) is 4.72 Å². The first-order valence-electron chi connectivity index (χ1n) is 5.94. The second kappa shape index (κ2) is 5.40. The van der Waals surface area contributed by atoms with E-state index in [1.807, 2.05) is 38.1 Å². The summed E-state index contributed by atoms with van der Waals surface area (Å²) in [6, 6.07) is 12.7. The lowest BCUT2D eigenvalue weighted by molar-refractivity contribution is 0.600. The molecule has 4 nitrogen and oxygen atoms in total. The zero-order chi connectivity index (χ0) is 13.9. The van der Waals surface area contributed by atoms with Crippen LogP contribution in [0, 0.1) is 13.8 Å². The van der Waals surface area contributed by atoms with Crippen LogP contribution < -0.4 is 4.72 Å². The lowest BCUT2D eigenvalue weighted by Gasteiger charge is -2.08. The zero-order valence-electron chi connectivity index (χ0n) is 10.9. The van der Waals surface area contributed by atoms with E-state index in [1.165, 1.54) is 0 Å². The summed E-state index contributed by atoms with van der Waals surface area (Å²) in [7, 11) is -3.43. The number of benzene rings is 1. The van der Waals surface area contributed by atoms with Crippen LogP contribution >= 0.6 is 0 Å². The number of anilines is 1. The van der Waals surface area contributed by atoms with Crippen molar-refractivity contribution < 1.29 is 8.42 Å². The van der Waals surface area contributed by atoms with Crippen molar-refractivity contribution >= 4 is 15.8 Å². The Bertz CT molecular complexity index is 647. The van der Waals surface area contributed by atoms with Gasteiger partial charge in [-0.1, -0.05) is 30.3 Å². The Hall–Kier alpha value is -1.88. The molecular weight excluding hydrogens is 260 g/mol. The molecule has 0 unspecified atom stereocenters. The Balaban J connectivity index is 2.17. The standard InChI is InChI=1S/C14H16N2O2S/c1-11-8-12(2)15-14(9-11)16-19(17,18)10-13-6-4-3-5-7-13/h3-9H,10H2,1-2H3,(H,15,16). The molecule has 2 rings (SSSR count). The third-order valence-corrected chi connectivity index (χ3v) is 3.79. The van der Waals surface area contributed by atoms with E-state index in [0.717, 1.165) is 16.8 Å². The van der Waals surface area contributed by atoms with Gasteiger partial charge in [-0.15, -0.1) is 0 Å². The van der Waals surface area contributed by atoms with Crippen molar-refractivity contribution in [3.8, 4) is 0 Å². The van der Waals surface area contributed by atoms with Gasteiger partial charge in [0.05, 0.1) is 5.75 Å². The normalized spacial score (nSPS) is 11.3. The Morgan fingerprint density at radius 2 is 1.79 bits per heavy atom. The number of hydrogen-bond donors (Lipinski definition) is 1. The number of aromatic nitrogens is 1. The summed E-state index contributed by atoms with van der Waals surface area (Å²) in [5.74, 6) is 0.316. The summed E-state index contributed by atoms with van der Waals surface area (Å²) < 4.78 is 26.6. The molecule has 0 amide bonds. The van der Waals surface area contributed by atoms with Crippen molar-refractivity contribution in [2.24, 2.45) is 0 Å². The van der Waals surface area contributed by atoms with Crippen LogP contribution in [0.3, 0.4) is 0 Å². The SMILES string of the molecule is Cc1cc(C)nc(NS(=O)(=O)Cc2ccccc2)c1. The van der Waals surface area contributed by atoms with Crippen LogP contribution in [0.1, 0.15) is 16.8 Å². The highest BCUT2D eigenvalue weighted by molar-refractivity contribution is 7.91. The molecule has 19 heavy (non-hydrogen) atoms. The minimum atomic E-state index is -3.43. The van der Waals surface area contributed by atoms with E-state index in [-0.39, 0.29) is 5.75 Å². The smallest absolute Gasteiger partial charge is 0.238 e. The minimum absolute atomic E-state index is 0.0531. The first-order valence-corrected chi connectivity index (χ1v) is 7.59. The van der Waals surface area contributed by atoms with Crippen molar-refractivity contribution in [3.63, 3.8) is 0 Å². The topological polar surface area (TPSA) is 59.1 Å². The molecule has 100 valence electrons. The average Bonchev–Trinajstić information content (AvgIpc) is 2.27. The number of nitrogens with one attached hydrogen (secondary N) is 1. The van der Waals surface area contributed by atoms with Crippen molar-refractivity contribution in [3.05, 3.63) is 59.3 Å². The average molecular weight is 276 g/mol. The quantitative estimate of drug-likeness (QED) is 0.934. The molecule has 2 aromatic rings. The Labute approximate surface area is 113 Å². The molecule has 0 saturated heterocycles. The largest absolute Gasteiger partial charge is 0.267 e. The summed E-state index contributed by atoms with van der Waals surface area (Å²) in [5.41, 5.74) is 2.52. The van der Waals surface area contributed by atoms with Gasteiger partial charge < -0.3 is 0 Å². The zero-order valence-corrected chi connectivity index (χ0v) is 11.7. The van der Waals surface area contributed by atoms with E-state index < -0.39 is 10.0 Å². The maximum absolute atomic E-state index is 12.0. The van der Waals surface area contributed by atoms with Crippen molar-refractivity contribution in [1.29, 1.82) is 0 Å². The molecule has 1 N–H and O–H groups in total. The summed E-state index contributed by atoms with van der Waals surface area (Å²) in [6.45, 7) is 3.74. The van der Waals surface area contributed by atoms with Gasteiger partial charge >= 0.3 is 0 Å². The van der Waals surface area contributed by atoms with Crippen molar-refractivity contribution in [1.82, 2.24) is 4.98 Å². The predicted molar refractivity (Wildman–Crippen MR) is 76.4 cm³/mol.